The minimum Gasteiger partial charge on any atom is -0.392 e. The molecule has 1 fully saturated rings. The average Bonchev–Trinajstić information content (AvgIpc) is 2.99. The SMILES string of the molecule is C[C@@H]1[C@H](CN(C)Cc2ccccc2)O[C@H](c2ccc(NC(=O)c3ccccc3)cc2)O[C@@H]1c1ccc(CO)cc1. The van der Waals surface area contributed by atoms with Crippen LogP contribution in [-0.2, 0) is 22.6 Å². The molecular weight excluding hydrogens is 500 g/mol. The average molecular weight is 537 g/mol. The Morgan fingerprint density at radius 2 is 1.43 bits per heavy atom. The zero-order valence-corrected chi connectivity index (χ0v) is 22.9. The lowest BCUT2D eigenvalue weighted by Gasteiger charge is -2.42. The van der Waals surface area contributed by atoms with E-state index in [9.17, 15) is 9.90 Å². The molecule has 0 radical (unpaired) electrons. The number of rotatable bonds is 9. The second-order valence-corrected chi connectivity index (χ2v) is 10.4. The van der Waals surface area contributed by atoms with Gasteiger partial charge in [-0.2, -0.15) is 0 Å². The second-order valence-electron chi connectivity index (χ2n) is 10.4. The Morgan fingerprint density at radius 1 is 0.800 bits per heavy atom. The van der Waals surface area contributed by atoms with Crippen LogP contribution in [0.25, 0.3) is 0 Å². The topological polar surface area (TPSA) is 71.0 Å². The van der Waals surface area contributed by atoms with Crippen molar-refractivity contribution in [3.8, 4) is 0 Å². The second kappa shape index (κ2) is 13.0. The van der Waals surface area contributed by atoms with Crippen molar-refractivity contribution < 1.29 is 19.4 Å². The number of benzene rings is 4. The molecule has 1 aliphatic rings. The molecule has 6 nitrogen and oxygen atoms in total. The van der Waals surface area contributed by atoms with Crippen LogP contribution >= 0.6 is 0 Å². The van der Waals surface area contributed by atoms with Gasteiger partial charge in [-0.05, 0) is 48.0 Å². The van der Waals surface area contributed by atoms with Gasteiger partial charge in [0.1, 0.15) is 0 Å². The van der Waals surface area contributed by atoms with Gasteiger partial charge in [-0.15, -0.1) is 0 Å². The molecule has 5 rings (SSSR count). The standard InChI is InChI=1S/C34H36N2O4/c1-24-31(22-36(2)21-25-9-5-3-6-10-25)39-34(40-32(24)27-15-13-26(23-37)14-16-27)29-17-19-30(20-18-29)35-33(38)28-11-7-4-8-12-28/h3-20,24,31-32,34,37H,21-23H2,1-2H3,(H,35,38)/t24-,31+,32+,34+/m1/s1. The van der Waals surface area contributed by atoms with Crippen molar-refractivity contribution in [2.45, 2.75) is 38.6 Å². The molecule has 4 aromatic carbocycles. The molecule has 0 saturated carbocycles. The fourth-order valence-corrected chi connectivity index (χ4v) is 5.11. The molecule has 40 heavy (non-hydrogen) atoms. The minimum absolute atomic E-state index is 0.00710. The zero-order valence-electron chi connectivity index (χ0n) is 22.9. The molecule has 0 aromatic heterocycles. The van der Waals surface area contributed by atoms with Crippen molar-refractivity contribution in [2.75, 3.05) is 18.9 Å². The first-order chi connectivity index (χ1) is 19.5. The number of aliphatic hydroxyl groups is 1. The first kappa shape index (κ1) is 27.7. The molecule has 1 aliphatic heterocycles. The van der Waals surface area contributed by atoms with Crippen molar-refractivity contribution in [3.05, 3.63) is 137 Å². The van der Waals surface area contributed by atoms with E-state index in [0.29, 0.717) is 11.3 Å². The Balaban J connectivity index is 1.34. The molecule has 6 heteroatoms. The van der Waals surface area contributed by atoms with Crippen LogP contribution in [0.2, 0.25) is 0 Å². The number of likely N-dealkylation sites (N-methyl/N-ethyl adjacent to an activating group) is 1. The summed E-state index contributed by atoms with van der Waals surface area (Å²) in [5.41, 5.74) is 5.38. The highest BCUT2D eigenvalue weighted by Crippen LogP contribution is 2.42. The molecule has 1 amide bonds. The maximum Gasteiger partial charge on any atom is 0.255 e. The summed E-state index contributed by atoms with van der Waals surface area (Å²) < 4.78 is 13.2. The summed E-state index contributed by atoms with van der Waals surface area (Å²) in [6.07, 6.45) is -0.820. The third-order valence-electron chi connectivity index (χ3n) is 7.39. The van der Waals surface area contributed by atoms with Crippen molar-refractivity contribution in [1.29, 1.82) is 0 Å². The van der Waals surface area contributed by atoms with Crippen molar-refractivity contribution in [2.24, 2.45) is 5.92 Å². The van der Waals surface area contributed by atoms with Gasteiger partial charge in [0.2, 0.25) is 0 Å². The lowest BCUT2D eigenvalue weighted by Crippen LogP contribution is -2.43. The van der Waals surface area contributed by atoms with Gasteiger partial charge in [0.05, 0.1) is 18.8 Å². The summed E-state index contributed by atoms with van der Waals surface area (Å²) in [5, 5.41) is 12.5. The van der Waals surface area contributed by atoms with E-state index < -0.39 is 6.29 Å². The van der Waals surface area contributed by atoms with Gasteiger partial charge in [-0.25, -0.2) is 0 Å². The highest BCUT2D eigenvalue weighted by atomic mass is 16.7. The summed E-state index contributed by atoms with van der Waals surface area (Å²) in [6.45, 7) is 3.74. The Hall–Kier alpha value is -3.81. The third kappa shape index (κ3) is 6.84. The molecule has 0 spiro atoms. The largest absolute Gasteiger partial charge is 0.392 e. The lowest BCUT2D eigenvalue weighted by atomic mass is 9.90. The van der Waals surface area contributed by atoms with Crippen molar-refractivity contribution in [1.82, 2.24) is 4.90 Å². The van der Waals surface area contributed by atoms with Crippen LogP contribution in [0.1, 0.15) is 51.9 Å². The van der Waals surface area contributed by atoms with Crippen LogP contribution < -0.4 is 5.32 Å². The molecule has 1 saturated heterocycles. The monoisotopic (exact) mass is 536 g/mol. The molecule has 0 unspecified atom stereocenters. The Kier molecular flexibility index (Phi) is 9.04. The number of carbonyl (C=O) groups is 1. The molecule has 4 atom stereocenters. The molecule has 0 aliphatic carbocycles. The summed E-state index contributed by atoms with van der Waals surface area (Å²) in [4.78, 5) is 14.9. The van der Waals surface area contributed by atoms with Crippen LogP contribution in [0.3, 0.4) is 0 Å². The molecule has 206 valence electrons. The van der Waals surface area contributed by atoms with Gasteiger partial charge in [-0.1, -0.05) is 91.9 Å². The fourth-order valence-electron chi connectivity index (χ4n) is 5.11. The van der Waals surface area contributed by atoms with Crippen LogP contribution in [0, 0.1) is 5.92 Å². The molecule has 1 heterocycles. The number of carbonyl (C=O) groups excluding carboxylic acids is 1. The number of ether oxygens (including phenoxy) is 2. The Bertz CT molecular complexity index is 1360. The number of amides is 1. The normalized spacial score (nSPS) is 20.8. The molecule has 4 aromatic rings. The minimum atomic E-state index is -0.562. The van der Waals surface area contributed by atoms with E-state index in [1.807, 2.05) is 72.8 Å². The smallest absolute Gasteiger partial charge is 0.255 e. The highest BCUT2D eigenvalue weighted by molar-refractivity contribution is 6.04. The van der Waals surface area contributed by atoms with E-state index in [1.165, 1.54) is 5.56 Å². The summed E-state index contributed by atoms with van der Waals surface area (Å²) in [6, 6.07) is 35.2. The molecular formula is C34H36N2O4. The first-order valence-corrected chi connectivity index (χ1v) is 13.7. The maximum absolute atomic E-state index is 12.6. The third-order valence-corrected chi connectivity index (χ3v) is 7.39. The van der Waals surface area contributed by atoms with Crippen LogP contribution in [-0.4, -0.2) is 35.6 Å². The van der Waals surface area contributed by atoms with Gasteiger partial charge in [-0.3, -0.25) is 9.69 Å². The predicted molar refractivity (Wildman–Crippen MR) is 157 cm³/mol. The van der Waals surface area contributed by atoms with Gasteiger partial charge in [0.25, 0.3) is 5.91 Å². The highest BCUT2D eigenvalue weighted by Gasteiger charge is 2.38. The number of aliphatic hydroxyl groups excluding tert-OH is 1. The van der Waals surface area contributed by atoms with Crippen LogP contribution in [0.15, 0.2) is 109 Å². The summed E-state index contributed by atoms with van der Waals surface area (Å²) >= 11 is 0. The van der Waals surface area contributed by atoms with E-state index in [2.05, 4.69) is 48.5 Å². The molecule has 2 N–H and O–H groups in total. The fraction of sp³-hybridized carbons (Fsp3) is 0.265. The van der Waals surface area contributed by atoms with Gasteiger partial charge in [0.15, 0.2) is 6.29 Å². The van der Waals surface area contributed by atoms with E-state index in [1.54, 1.807) is 12.1 Å². The van der Waals surface area contributed by atoms with Crippen LogP contribution in [0.4, 0.5) is 5.69 Å². The van der Waals surface area contributed by atoms with Gasteiger partial charge < -0.3 is 19.9 Å². The van der Waals surface area contributed by atoms with Crippen molar-refractivity contribution in [3.63, 3.8) is 0 Å². The Labute approximate surface area is 236 Å². The first-order valence-electron chi connectivity index (χ1n) is 13.7. The zero-order chi connectivity index (χ0) is 27.9. The van der Waals surface area contributed by atoms with E-state index >= 15 is 0 Å². The maximum atomic E-state index is 12.6. The molecule has 0 bridgehead atoms. The van der Waals surface area contributed by atoms with Gasteiger partial charge in [0, 0.05) is 35.8 Å². The van der Waals surface area contributed by atoms with E-state index in [4.69, 9.17) is 9.47 Å². The van der Waals surface area contributed by atoms with E-state index in [0.717, 1.165) is 29.8 Å². The Morgan fingerprint density at radius 3 is 2.08 bits per heavy atom. The quantitative estimate of drug-likeness (QED) is 0.261. The van der Waals surface area contributed by atoms with Gasteiger partial charge >= 0.3 is 0 Å². The number of nitrogens with one attached hydrogen (secondary N) is 1. The number of nitrogens with zero attached hydrogens (tertiary/aromatic N) is 1. The van der Waals surface area contributed by atoms with E-state index in [-0.39, 0.29) is 30.6 Å². The summed E-state index contributed by atoms with van der Waals surface area (Å²) in [7, 11) is 2.11. The van der Waals surface area contributed by atoms with Crippen LogP contribution in [0.5, 0.6) is 0 Å². The van der Waals surface area contributed by atoms with Crippen molar-refractivity contribution >= 4 is 11.6 Å². The lowest BCUT2D eigenvalue weighted by molar-refractivity contribution is -0.276. The predicted octanol–water partition coefficient (Wildman–Crippen LogP) is 6.35. The summed E-state index contributed by atoms with van der Waals surface area (Å²) in [5.74, 6) is -0.0564. The number of hydrogen-bond donors (Lipinski definition) is 2. The number of anilines is 1. The number of hydrogen-bond acceptors (Lipinski definition) is 5.